The van der Waals surface area contributed by atoms with Gasteiger partial charge >= 0.3 is 12.0 Å². The number of carbonyl (C=O) groups is 2. The maximum Gasteiger partial charge on any atom is 0.326 e. The molecule has 20 heavy (non-hydrogen) atoms. The van der Waals surface area contributed by atoms with Crippen molar-refractivity contribution in [1.29, 1.82) is 0 Å². The number of hydrogen-bond acceptors (Lipinski definition) is 4. The summed E-state index contributed by atoms with van der Waals surface area (Å²) in [6.45, 7) is 0.444. The zero-order valence-corrected chi connectivity index (χ0v) is 10.9. The van der Waals surface area contributed by atoms with Crippen LogP contribution in [0.4, 0.5) is 4.79 Å². The Morgan fingerprint density at radius 1 is 1.50 bits per heavy atom. The highest BCUT2D eigenvalue weighted by Gasteiger charge is 2.38. The van der Waals surface area contributed by atoms with Crippen LogP contribution in [0.5, 0.6) is 0 Å². The Balaban J connectivity index is 1.84. The van der Waals surface area contributed by atoms with Crippen molar-refractivity contribution in [2.45, 2.75) is 25.0 Å². The Morgan fingerprint density at radius 2 is 2.30 bits per heavy atom. The zero-order chi connectivity index (χ0) is 14.5. The van der Waals surface area contributed by atoms with Crippen molar-refractivity contribution in [3.8, 4) is 0 Å². The number of hydrogen-bond donors (Lipinski definition) is 3. The number of carbonyl (C=O) groups excluding carboxylic acids is 1. The van der Waals surface area contributed by atoms with Crippen LogP contribution in [0.15, 0.2) is 24.5 Å². The van der Waals surface area contributed by atoms with E-state index in [1.165, 1.54) is 0 Å². The highest BCUT2D eigenvalue weighted by Crippen LogP contribution is 2.18. The lowest BCUT2D eigenvalue weighted by molar-refractivity contribution is -0.141. The Kier molecular flexibility index (Phi) is 4.52. The summed E-state index contributed by atoms with van der Waals surface area (Å²) in [5, 5.41) is 21.2. The first-order valence-electron chi connectivity index (χ1n) is 6.42. The van der Waals surface area contributed by atoms with Crippen molar-refractivity contribution < 1.29 is 19.8 Å². The number of aromatic nitrogens is 1. The van der Waals surface area contributed by atoms with E-state index in [0.717, 1.165) is 10.5 Å². The topological polar surface area (TPSA) is 103 Å². The molecule has 1 aromatic rings. The lowest BCUT2D eigenvalue weighted by atomic mass is 10.2. The number of pyridine rings is 1. The molecule has 1 fully saturated rings. The minimum absolute atomic E-state index is 0.0513. The fraction of sp³-hybridized carbons (Fsp3) is 0.462. The minimum Gasteiger partial charge on any atom is -0.480 e. The van der Waals surface area contributed by atoms with Crippen LogP contribution in [0.25, 0.3) is 0 Å². The molecule has 0 spiro atoms. The van der Waals surface area contributed by atoms with Crippen molar-refractivity contribution in [1.82, 2.24) is 15.2 Å². The molecule has 7 heteroatoms. The van der Waals surface area contributed by atoms with Crippen molar-refractivity contribution >= 4 is 12.0 Å². The molecule has 1 aliphatic rings. The van der Waals surface area contributed by atoms with Crippen LogP contribution >= 0.6 is 0 Å². The van der Waals surface area contributed by atoms with E-state index in [1.54, 1.807) is 12.4 Å². The Labute approximate surface area is 116 Å². The van der Waals surface area contributed by atoms with Gasteiger partial charge in [0, 0.05) is 31.9 Å². The first-order chi connectivity index (χ1) is 9.58. The van der Waals surface area contributed by atoms with E-state index in [1.807, 2.05) is 12.1 Å². The summed E-state index contributed by atoms with van der Waals surface area (Å²) >= 11 is 0. The second-order valence-corrected chi connectivity index (χ2v) is 4.74. The highest BCUT2D eigenvalue weighted by molar-refractivity contribution is 5.83. The molecule has 2 atom stereocenters. The molecule has 7 nitrogen and oxygen atoms in total. The standard InChI is InChI=1S/C13H17N3O4/c17-10-6-11(12(18)19)16(8-10)13(20)15-5-3-9-2-1-4-14-7-9/h1-2,4,7,10-11,17H,3,5-6,8H2,(H,15,20)(H,18,19). The molecule has 2 rings (SSSR count). The summed E-state index contributed by atoms with van der Waals surface area (Å²) in [5.74, 6) is -1.09. The summed E-state index contributed by atoms with van der Waals surface area (Å²) in [5.41, 5.74) is 0.990. The lowest BCUT2D eigenvalue weighted by Crippen LogP contribution is -2.46. The average Bonchev–Trinajstić information content (AvgIpc) is 2.82. The number of aliphatic hydroxyl groups is 1. The molecule has 2 heterocycles. The molecule has 1 aliphatic heterocycles. The largest absolute Gasteiger partial charge is 0.480 e. The van der Waals surface area contributed by atoms with E-state index in [0.29, 0.717) is 13.0 Å². The second kappa shape index (κ2) is 6.33. The number of carboxylic acid groups (broad SMARTS) is 1. The quantitative estimate of drug-likeness (QED) is 0.711. The molecule has 0 radical (unpaired) electrons. The Bertz CT molecular complexity index is 480. The third-order valence-electron chi connectivity index (χ3n) is 3.24. The number of β-amino-alcohol motifs (C(OH)–C–C–N with tert-alkyl or cyclic N) is 1. The molecule has 108 valence electrons. The van der Waals surface area contributed by atoms with Crippen LogP contribution in [0.1, 0.15) is 12.0 Å². The van der Waals surface area contributed by atoms with Crippen LogP contribution in [0.3, 0.4) is 0 Å². The van der Waals surface area contributed by atoms with Gasteiger partial charge in [0.2, 0.25) is 0 Å². The first kappa shape index (κ1) is 14.3. The van der Waals surface area contributed by atoms with E-state index in [-0.39, 0.29) is 13.0 Å². The average molecular weight is 279 g/mol. The van der Waals surface area contributed by atoms with Crippen molar-refractivity contribution in [2.75, 3.05) is 13.1 Å². The van der Waals surface area contributed by atoms with Gasteiger partial charge in [-0.25, -0.2) is 9.59 Å². The zero-order valence-electron chi connectivity index (χ0n) is 10.9. The normalized spacial score (nSPS) is 21.8. The van der Waals surface area contributed by atoms with Gasteiger partial charge in [-0.3, -0.25) is 4.98 Å². The van der Waals surface area contributed by atoms with Crippen molar-refractivity contribution in [3.05, 3.63) is 30.1 Å². The predicted molar refractivity (Wildman–Crippen MR) is 70.1 cm³/mol. The van der Waals surface area contributed by atoms with Gasteiger partial charge in [0.25, 0.3) is 0 Å². The van der Waals surface area contributed by atoms with Gasteiger partial charge in [-0.05, 0) is 18.1 Å². The SMILES string of the molecule is O=C(O)C1CC(O)CN1C(=O)NCCc1cccnc1. The van der Waals surface area contributed by atoms with Crippen LogP contribution in [0, 0.1) is 0 Å². The molecular formula is C13H17N3O4. The minimum atomic E-state index is -1.09. The molecular weight excluding hydrogens is 262 g/mol. The maximum atomic E-state index is 11.9. The number of likely N-dealkylation sites (tertiary alicyclic amines) is 1. The van der Waals surface area contributed by atoms with Crippen LogP contribution in [-0.4, -0.2) is 57.3 Å². The molecule has 0 bridgehead atoms. The molecule has 0 aliphatic carbocycles. The number of nitrogens with one attached hydrogen (secondary N) is 1. The number of aliphatic carboxylic acids is 1. The van der Waals surface area contributed by atoms with E-state index in [9.17, 15) is 14.7 Å². The molecule has 1 saturated heterocycles. The summed E-state index contributed by atoms with van der Waals surface area (Å²) in [6.07, 6.45) is 3.30. The van der Waals surface area contributed by atoms with E-state index in [4.69, 9.17) is 5.11 Å². The smallest absolute Gasteiger partial charge is 0.326 e. The van der Waals surface area contributed by atoms with E-state index < -0.39 is 24.1 Å². The second-order valence-electron chi connectivity index (χ2n) is 4.74. The lowest BCUT2D eigenvalue weighted by Gasteiger charge is -2.21. The maximum absolute atomic E-state index is 11.9. The van der Waals surface area contributed by atoms with Gasteiger partial charge in [0.1, 0.15) is 6.04 Å². The third kappa shape index (κ3) is 3.45. The fourth-order valence-electron chi connectivity index (χ4n) is 2.23. The van der Waals surface area contributed by atoms with Gasteiger partial charge in [0.15, 0.2) is 0 Å². The molecule has 0 saturated carbocycles. The number of urea groups is 1. The number of carboxylic acids is 1. The van der Waals surface area contributed by atoms with Crippen LogP contribution in [-0.2, 0) is 11.2 Å². The summed E-state index contributed by atoms with van der Waals surface area (Å²) in [7, 11) is 0. The molecule has 0 aromatic carbocycles. The van der Waals surface area contributed by atoms with Crippen molar-refractivity contribution in [2.24, 2.45) is 0 Å². The Hall–Kier alpha value is -2.15. The number of aliphatic hydroxyl groups excluding tert-OH is 1. The number of rotatable bonds is 4. The molecule has 2 amide bonds. The van der Waals surface area contributed by atoms with E-state index >= 15 is 0 Å². The molecule has 2 unspecified atom stereocenters. The first-order valence-corrected chi connectivity index (χ1v) is 6.42. The third-order valence-corrected chi connectivity index (χ3v) is 3.24. The van der Waals surface area contributed by atoms with Gasteiger partial charge in [0.05, 0.1) is 6.10 Å². The number of amides is 2. The monoisotopic (exact) mass is 279 g/mol. The summed E-state index contributed by atoms with van der Waals surface area (Å²) < 4.78 is 0. The highest BCUT2D eigenvalue weighted by atomic mass is 16.4. The van der Waals surface area contributed by atoms with Gasteiger partial charge < -0.3 is 20.4 Å². The summed E-state index contributed by atoms with van der Waals surface area (Å²) in [4.78, 5) is 28.1. The molecule has 1 aromatic heterocycles. The summed E-state index contributed by atoms with van der Waals surface area (Å²) in [6, 6.07) is 2.30. The molecule has 3 N–H and O–H groups in total. The van der Waals surface area contributed by atoms with E-state index in [2.05, 4.69) is 10.3 Å². The van der Waals surface area contributed by atoms with Gasteiger partial charge in [-0.1, -0.05) is 6.07 Å². The number of nitrogens with zero attached hydrogens (tertiary/aromatic N) is 2. The van der Waals surface area contributed by atoms with Crippen molar-refractivity contribution in [3.63, 3.8) is 0 Å². The van der Waals surface area contributed by atoms with Crippen LogP contribution < -0.4 is 5.32 Å². The predicted octanol–water partition coefficient (Wildman–Crippen LogP) is -0.146. The van der Waals surface area contributed by atoms with Crippen LogP contribution in [0.2, 0.25) is 0 Å². The van der Waals surface area contributed by atoms with Gasteiger partial charge in [-0.15, -0.1) is 0 Å². The fourth-order valence-corrected chi connectivity index (χ4v) is 2.23. The Morgan fingerprint density at radius 3 is 2.95 bits per heavy atom. The van der Waals surface area contributed by atoms with Gasteiger partial charge in [-0.2, -0.15) is 0 Å².